The van der Waals surface area contributed by atoms with Gasteiger partial charge >= 0.3 is 6.03 Å². The van der Waals surface area contributed by atoms with Crippen LogP contribution in [-0.4, -0.2) is 77.2 Å². The van der Waals surface area contributed by atoms with E-state index in [9.17, 15) is 14.4 Å². The van der Waals surface area contributed by atoms with Gasteiger partial charge < -0.3 is 24.0 Å². The van der Waals surface area contributed by atoms with Gasteiger partial charge in [-0.25, -0.2) is 4.79 Å². The van der Waals surface area contributed by atoms with E-state index in [1.165, 1.54) is 4.90 Å². The van der Waals surface area contributed by atoms with Gasteiger partial charge in [-0.2, -0.15) is 0 Å². The molecule has 9 heteroatoms. The fourth-order valence-electron chi connectivity index (χ4n) is 6.14. The maximum absolute atomic E-state index is 13.3. The number of urea groups is 1. The Morgan fingerprint density at radius 2 is 1.87 bits per heavy atom. The van der Waals surface area contributed by atoms with E-state index in [0.717, 1.165) is 65.9 Å². The van der Waals surface area contributed by atoms with Crippen LogP contribution in [0.5, 0.6) is 5.75 Å². The lowest BCUT2D eigenvalue weighted by Gasteiger charge is -2.41. The number of benzene rings is 2. The van der Waals surface area contributed by atoms with Crippen LogP contribution in [-0.2, 0) is 22.6 Å². The van der Waals surface area contributed by atoms with Crippen molar-refractivity contribution in [2.45, 2.75) is 38.3 Å². The quantitative estimate of drug-likeness (QED) is 0.446. The summed E-state index contributed by atoms with van der Waals surface area (Å²) in [5.74, 6) is 0.457. The first kappa shape index (κ1) is 25.6. The second kappa shape index (κ2) is 10.5. The molecule has 3 amide bonds. The standard InChI is InChI=1S/C30H33N3O6/c1-31-29(36)24-16-32(30(31)37)17-26-28(24)23-14-22(39-13-10-19-8-11-38-12-9-19)6-7-25(23)33(26)15-20-2-4-21(5-3-20)27(35)18-34/h2-7,14,19,24,34H,8-13,15-18H2,1H3/t24-/m0/s1. The number of likely N-dealkylation sites (N-methyl/N-ethyl adjacent to an activating group) is 1. The maximum atomic E-state index is 13.3. The molecule has 0 aliphatic carbocycles. The van der Waals surface area contributed by atoms with Gasteiger partial charge in [0, 0.05) is 55.5 Å². The monoisotopic (exact) mass is 531 g/mol. The smallest absolute Gasteiger partial charge is 0.326 e. The van der Waals surface area contributed by atoms with Gasteiger partial charge in [-0.15, -0.1) is 0 Å². The summed E-state index contributed by atoms with van der Waals surface area (Å²) in [7, 11) is 1.55. The van der Waals surface area contributed by atoms with Gasteiger partial charge in [0.15, 0.2) is 5.78 Å². The third-order valence-electron chi connectivity index (χ3n) is 8.36. The first-order valence-corrected chi connectivity index (χ1v) is 13.6. The number of aromatic nitrogens is 1. The van der Waals surface area contributed by atoms with E-state index in [0.29, 0.717) is 37.7 Å². The zero-order chi connectivity index (χ0) is 27.1. The van der Waals surface area contributed by atoms with E-state index in [4.69, 9.17) is 14.6 Å². The molecular weight excluding hydrogens is 498 g/mol. The van der Waals surface area contributed by atoms with Crippen LogP contribution < -0.4 is 4.74 Å². The van der Waals surface area contributed by atoms with Crippen LogP contribution in [0.2, 0.25) is 0 Å². The van der Waals surface area contributed by atoms with Crippen molar-refractivity contribution in [1.29, 1.82) is 0 Å². The van der Waals surface area contributed by atoms with E-state index in [1.807, 2.05) is 30.3 Å². The van der Waals surface area contributed by atoms with Crippen molar-refractivity contribution in [3.05, 3.63) is 64.8 Å². The van der Waals surface area contributed by atoms with Crippen molar-refractivity contribution in [3.8, 4) is 5.75 Å². The second-order valence-electron chi connectivity index (χ2n) is 10.7. The van der Waals surface area contributed by atoms with Crippen molar-refractivity contribution in [2.75, 3.05) is 40.0 Å². The summed E-state index contributed by atoms with van der Waals surface area (Å²) >= 11 is 0. The van der Waals surface area contributed by atoms with Gasteiger partial charge in [-0.3, -0.25) is 14.5 Å². The van der Waals surface area contributed by atoms with Crippen LogP contribution in [0.25, 0.3) is 10.9 Å². The Morgan fingerprint density at radius 1 is 1.10 bits per heavy atom. The van der Waals surface area contributed by atoms with Crippen molar-refractivity contribution in [3.63, 3.8) is 0 Å². The normalized spacial score (nSPS) is 19.5. The molecule has 1 atom stereocenters. The number of imide groups is 1. The number of ether oxygens (including phenoxy) is 2. The fraction of sp³-hybridized carbons (Fsp3) is 0.433. The molecule has 204 valence electrons. The summed E-state index contributed by atoms with van der Waals surface area (Å²) in [5.41, 5.74) is 4.33. The number of amides is 3. The van der Waals surface area contributed by atoms with Gasteiger partial charge in [0.25, 0.3) is 0 Å². The first-order valence-electron chi connectivity index (χ1n) is 13.6. The number of aliphatic hydroxyl groups excluding tert-OH is 1. The molecule has 2 fully saturated rings. The third kappa shape index (κ3) is 4.70. The minimum atomic E-state index is -0.526. The minimum Gasteiger partial charge on any atom is -0.494 e. The number of ketones is 1. The lowest BCUT2D eigenvalue weighted by molar-refractivity contribution is -0.132. The predicted octanol–water partition coefficient (Wildman–Crippen LogP) is 3.55. The Bertz CT molecular complexity index is 1420. The minimum absolute atomic E-state index is 0.186. The molecule has 3 aliphatic heterocycles. The summed E-state index contributed by atoms with van der Waals surface area (Å²) in [4.78, 5) is 40.9. The summed E-state index contributed by atoms with van der Waals surface area (Å²) in [6, 6.07) is 13.0. The number of hydrogen-bond acceptors (Lipinski definition) is 6. The Balaban J connectivity index is 1.35. The number of fused-ring (bicyclic) bond motifs is 6. The van der Waals surface area contributed by atoms with E-state index in [1.54, 1.807) is 24.1 Å². The summed E-state index contributed by atoms with van der Waals surface area (Å²) in [6.45, 7) is 3.05. The van der Waals surface area contributed by atoms with Gasteiger partial charge in [0.1, 0.15) is 12.4 Å². The molecule has 3 aromatic rings. The number of nitrogens with zero attached hydrogens (tertiary/aromatic N) is 3. The topological polar surface area (TPSA) is 101 Å². The zero-order valence-electron chi connectivity index (χ0n) is 22.1. The highest BCUT2D eigenvalue weighted by Crippen LogP contribution is 2.42. The SMILES string of the molecule is CN1C(=O)[C@H]2CN(Cc3c2c2cc(OCCC4CCOCC4)ccc2n3Cc2ccc(C(=O)CO)cc2)C1=O. The zero-order valence-corrected chi connectivity index (χ0v) is 22.1. The molecule has 2 saturated heterocycles. The molecule has 0 radical (unpaired) electrons. The summed E-state index contributed by atoms with van der Waals surface area (Å²) < 4.78 is 13.8. The van der Waals surface area contributed by atoms with E-state index < -0.39 is 12.5 Å². The van der Waals surface area contributed by atoms with Crippen LogP contribution in [0.4, 0.5) is 4.79 Å². The molecule has 2 aromatic carbocycles. The third-order valence-corrected chi connectivity index (χ3v) is 8.36. The Hall–Kier alpha value is -3.69. The average molecular weight is 532 g/mol. The largest absolute Gasteiger partial charge is 0.494 e. The van der Waals surface area contributed by atoms with Crippen LogP contribution >= 0.6 is 0 Å². The van der Waals surface area contributed by atoms with Crippen molar-refractivity contribution < 1.29 is 29.0 Å². The predicted molar refractivity (Wildman–Crippen MR) is 144 cm³/mol. The molecule has 2 bridgehead atoms. The Morgan fingerprint density at radius 3 is 2.62 bits per heavy atom. The lowest BCUT2D eigenvalue weighted by Crippen LogP contribution is -2.56. The molecule has 1 N–H and O–H groups in total. The molecule has 3 aliphatic rings. The number of Topliss-reactive ketones (excluding diaryl/α,β-unsaturated/α-hetero) is 1. The van der Waals surface area contributed by atoms with Gasteiger partial charge in [-0.05, 0) is 54.5 Å². The average Bonchev–Trinajstić information content (AvgIpc) is 3.27. The number of carbonyl (C=O) groups excluding carboxylic acids is 3. The molecule has 1 aromatic heterocycles. The van der Waals surface area contributed by atoms with Gasteiger partial charge in [0.05, 0.1) is 19.1 Å². The first-order chi connectivity index (χ1) is 18.9. The summed E-state index contributed by atoms with van der Waals surface area (Å²) in [5, 5.41) is 10.1. The van der Waals surface area contributed by atoms with Gasteiger partial charge in [-0.1, -0.05) is 24.3 Å². The van der Waals surface area contributed by atoms with Crippen LogP contribution in [0.15, 0.2) is 42.5 Å². The maximum Gasteiger partial charge on any atom is 0.326 e. The highest BCUT2D eigenvalue weighted by molar-refractivity contribution is 6.04. The van der Waals surface area contributed by atoms with E-state index in [2.05, 4.69) is 4.57 Å². The fourth-order valence-corrected chi connectivity index (χ4v) is 6.14. The molecule has 6 rings (SSSR count). The van der Waals surface area contributed by atoms with Crippen LogP contribution in [0.1, 0.15) is 52.4 Å². The number of carbonyl (C=O) groups is 3. The summed E-state index contributed by atoms with van der Waals surface area (Å²) in [6.07, 6.45) is 3.12. The molecule has 0 unspecified atom stereocenters. The number of aliphatic hydroxyl groups is 1. The van der Waals surface area contributed by atoms with Crippen LogP contribution in [0.3, 0.4) is 0 Å². The van der Waals surface area contributed by atoms with E-state index >= 15 is 0 Å². The molecule has 0 saturated carbocycles. The molecule has 4 heterocycles. The van der Waals surface area contributed by atoms with Crippen molar-refractivity contribution in [1.82, 2.24) is 14.4 Å². The number of hydrogen-bond donors (Lipinski definition) is 1. The molecule has 9 nitrogen and oxygen atoms in total. The van der Waals surface area contributed by atoms with Gasteiger partial charge in [0.2, 0.25) is 5.91 Å². The molecule has 0 spiro atoms. The van der Waals surface area contributed by atoms with Crippen molar-refractivity contribution in [2.24, 2.45) is 5.92 Å². The van der Waals surface area contributed by atoms with E-state index in [-0.39, 0.29) is 17.7 Å². The Labute approximate surface area is 226 Å². The highest BCUT2D eigenvalue weighted by atomic mass is 16.5. The lowest BCUT2D eigenvalue weighted by atomic mass is 9.89. The molecular formula is C30H33N3O6. The number of rotatable bonds is 8. The van der Waals surface area contributed by atoms with Crippen molar-refractivity contribution >= 4 is 28.6 Å². The highest BCUT2D eigenvalue weighted by Gasteiger charge is 2.44. The molecule has 39 heavy (non-hydrogen) atoms. The second-order valence-corrected chi connectivity index (χ2v) is 10.7. The Kier molecular flexibility index (Phi) is 6.86. The van der Waals surface area contributed by atoms with Crippen LogP contribution in [0, 0.1) is 5.92 Å².